The van der Waals surface area contributed by atoms with Crippen LogP contribution in [0.4, 0.5) is 0 Å². The van der Waals surface area contributed by atoms with E-state index >= 15 is 0 Å². The molecule has 0 radical (unpaired) electrons. The summed E-state index contributed by atoms with van der Waals surface area (Å²) in [4.78, 5) is 11.7. The standard InChI is InChI=1S/C29H29NO3.ClH/c1-18-12-13-23(16-27(18)29(31)32)28-17-24(14-22-8-5-6-11-26(22)28)20(3)30-19(2)21-9-7-10-25(15-21)33-4;/h5-17,19-20,30H,1-4H3,(H,31,32);1H/t19-,20?;/m1./s1. The lowest BCUT2D eigenvalue weighted by Gasteiger charge is -2.22. The number of methoxy groups -OCH3 is 1. The minimum absolute atomic E-state index is 0. The molecule has 2 atom stereocenters. The maximum Gasteiger partial charge on any atom is 0.335 e. The Bertz CT molecular complexity index is 1320. The Morgan fingerprint density at radius 2 is 1.62 bits per heavy atom. The van der Waals surface area contributed by atoms with Crippen molar-refractivity contribution < 1.29 is 14.6 Å². The summed E-state index contributed by atoms with van der Waals surface area (Å²) in [5.74, 6) is -0.0626. The predicted molar refractivity (Wildman–Crippen MR) is 141 cm³/mol. The molecular weight excluding hydrogens is 446 g/mol. The molecule has 4 rings (SSSR count). The molecule has 0 heterocycles. The fourth-order valence-electron chi connectivity index (χ4n) is 4.32. The average Bonchev–Trinajstić information content (AvgIpc) is 2.83. The Kier molecular flexibility index (Phi) is 7.98. The third kappa shape index (κ3) is 5.24. The van der Waals surface area contributed by atoms with Gasteiger partial charge < -0.3 is 15.2 Å². The molecule has 0 saturated carbocycles. The Morgan fingerprint density at radius 1 is 0.882 bits per heavy atom. The van der Waals surface area contributed by atoms with Crippen LogP contribution in [0.3, 0.4) is 0 Å². The van der Waals surface area contributed by atoms with Crippen LogP contribution < -0.4 is 10.1 Å². The number of benzene rings is 4. The monoisotopic (exact) mass is 475 g/mol. The molecule has 1 unspecified atom stereocenters. The van der Waals surface area contributed by atoms with Crippen LogP contribution in [0, 0.1) is 6.92 Å². The highest BCUT2D eigenvalue weighted by molar-refractivity contribution is 5.99. The molecule has 0 aromatic heterocycles. The number of carboxylic acids is 1. The second kappa shape index (κ2) is 10.7. The second-order valence-electron chi connectivity index (χ2n) is 8.51. The molecule has 2 N–H and O–H groups in total. The molecule has 4 nitrogen and oxygen atoms in total. The van der Waals surface area contributed by atoms with Crippen LogP contribution in [0.15, 0.2) is 78.9 Å². The maximum atomic E-state index is 11.7. The first kappa shape index (κ1) is 25.3. The quantitative estimate of drug-likeness (QED) is 0.293. The van der Waals surface area contributed by atoms with Gasteiger partial charge in [0.25, 0.3) is 0 Å². The van der Waals surface area contributed by atoms with Crippen LogP contribution in [0.5, 0.6) is 5.75 Å². The molecule has 34 heavy (non-hydrogen) atoms. The molecule has 0 aliphatic heterocycles. The smallest absolute Gasteiger partial charge is 0.335 e. The van der Waals surface area contributed by atoms with Crippen LogP contribution in [-0.4, -0.2) is 18.2 Å². The van der Waals surface area contributed by atoms with Crippen molar-refractivity contribution in [2.24, 2.45) is 0 Å². The van der Waals surface area contributed by atoms with E-state index in [0.29, 0.717) is 5.56 Å². The number of hydrogen-bond donors (Lipinski definition) is 2. The predicted octanol–water partition coefficient (Wildman–Crippen LogP) is 7.36. The van der Waals surface area contributed by atoms with Gasteiger partial charge in [-0.1, -0.05) is 48.5 Å². The molecule has 0 bridgehead atoms. The van der Waals surface area contributed by atoms with Crippen LogP contribution in [-0.2, 0) is 0 Å². The summed E-state index contributed by atoms with van der Waals surface area (Å²) in [6.45, 7) is 6.13. The Balaban J connectivity index is 0.00000324. The molecular formula is C29H30ClNO3. The number of rotatable bonds is 7. The normalized spacial score (nSPS) is 12.6. The highest BCUT2D eigenvalue weighted by Gasteiger charge is 2.16. The third-order valence-corrected chi connectivity index (χ3v) is 6.26. The first-order chi connectivity index (χ1) is 15.9. The number of ether oxygens (including phenoxy) is 1. The molecule has 4 aromatic carbocycles. The average molecular weight is 476 g/mol. The molecule has 0 fully saturated rings. The van der Waals surface area contributed by atoms with E-state index in [-0.39, 0.29) is 24.5 Å². The van der Waals surface area contributed by atoms with Gasteiger partial charge in [-0.3, -0.25) is 0 Å². The fourth-order valence-corrected chi connectivity index (χ4v) is 4.32. The van der Waals surface area contributed by atoms with E-state index < -0.39 is 5.97 Å². The van der Waals surface area contributed by atoms with E-state index in [1.807, 2.05) is 43.3 Å². The second-order valence-corrected chi connectivity index (χ2v) is 8.51. The minimum Gasteiger partial charge on any atom is -0.497 e. The van der Waals surface area contributed by atoms with E-state index in [1.165, 1.54) is 0 Å². The van der Waals surface area contributed by atoms with Gasteiger partial charge in [-0.2, -0.15) is 0 Å². The molecule has 0 aliphatic rings. The first-order valence-corrected chi connectivity index (χ1v) is 11.1. The van der Waals surface area contributed by atoms with Crippen molar-refractivity contribution >= 4 is 29.1 Å². The van der Waals surface area contributed by atoms with E-state index in [0.717, 1.165) is 44.3 Å². The molecule has 176 valence electrons. The van der Waals surface area contributed by atoms with Gasteiger partial charge in [0, 0.05) is 12.1 Å². The van der Waals surface area contributed by atoms with Crippen molar-refractivity contribution in [3.8, 4) is 16.9 Å². The zero-order valence-corrected chi connectivity index (χ0v) is 20.6. The lowest BCUT2D eigenvalue weighted by Crippen LogP contribution is -2.22. The number of aromatic carboxylic acids is 1. The number of aryl methyl sites for hydroxylation is 1. The number of nitrogens with one attached hydrogen (secondary N) is 1. The van der Waals surface area contributed by atoms with E-state index in [4.69, 9.17) is 4.74 Å². The van der Waals surface area contributed by atoms with Crippen molar-refractivity contribution in [2.45, 2.75) is 32.9 Å². The van der Waals surface area contributed by atoms with E-state index in [1.54, 1.807) is 13.2 Å². The maximum absolute atomic E-state index is 11.7. The number of carbonyl (C=O) groups is 1. The first-order valence-electron chi connectivity index (χ1n) is 11.1. The van der Waals surface area contributed by atoms with Gasteiger partial charge in [0.15, 0.2) is 0 Å². The summed E-state index contributed by atoms with van der Waals surface area (Å²) in [5.41, 5.74) is 5.34. The third-order valence-electron chi connectivity index (χ3n) is 6.26. The largest absolute Gasteiger partial charge is 0.497 e. The van der Waals surface area contributed by atoms with Gasteiger partial charge in [0.05, 0.1) is 12.7 Å². The lowest BCUT2D eigenvalue weighted by molar-refractivity contribution is 0.0696. The van der Waals surface area contributed by atoms with E-state index in [9.17, 15) is 9.90 Å². The Hall–Kier alpha value is -3.34. The van der Waals surface area contributed by atoms with Crippen molar-refractivity contribution in [2.75, 3.05) is 7.11 Å². The summed E-state index contributed by atoms with van der Waals surface area (Å²) in [6.07, 6.45) is 0. The van der Waals surface area contributed by atoms with Gasteiger partial charge in [0.2, 0.25) is 0 Å². The molecule has 4 aromatic rings. The van der Waals surface area contributed by atoms with Gasteiger partial charge in [-0.25, -0.2) is 4.79 Å². The fraction of sp³-hybridized carbons (Fsp3) is 0.207. The van der Waals surface area contributed by atoms with Crippen LogP contribution in [0.2, 0.25) is 0 Å². The summed E-state index contributed by atoms with van der Waals surface area (Å²) >= 11 is 0. The van der Waals surface area contributed by atoms with Crippen LogP contribution >= 0.6 is 12.4 Å². The lowest BCUT2D eigenvalue weighted by atomic mass is 9.91. The number of carboxylic acid groups (broad SMARTS) is 1. The Morgan fingerprint density at radius 3 is 2.35 bits per heavy atom. The zero-order chi connectivity index (χ0) is 23.5. The van der Waals surface area contributed by atoms with Crippen molar-refractivity contribution in [1.82, 2.24) is 5.32 Å². The highest BCUT2D eigenvalue weighted by Crippen LogP contribution is 2.34. The van der Waals surface area contributed by atoms with Gasteiger partial charge in [0.1, 0.15) is 5.75 Å². The molecule has 0 aliphatic carbocycles. The van der Waals surface area contributed by atoms with Gasteiger partial charge in [-0.05, 0) is 89.7 Å². The summed E-state index contributed by atoms with van der Waals surface area (Å²) in [6, 6.07) is 26.6. The van der Waals surface area contributed by atoms with Crippen LogP contribution in [0.25, 0.3) is 21.9 Å². The zero-order valence-electron chi connectivity index (χ0n) is 19.8. The summed E-state index contributed by atoms with van der Waals surface area (Å²) in [7, 11) is 1.68. The SMILES string of the molecule is COc1cccc([C@@H](C)NC(C)c2cc(-c3ccc(C)c(C(=O)O)c3)c3ccccc3c2)c1.Cl. The summed E-state index contributed by atoms with van der Waals surface area (Å²) < 4.78 is 5.37. The van der Waals surface area contributed by atoms with Crippen LogP contribution in [0.1, 0.15) is 53.0 Å². The topological polar surface area (TPSA) is 58.6 Å². The minimum atomic E-state index is -0.906. The highest BCUT2D eigenvalue weighted by atomic mass is 35.5. The van der Waals surface area contributed by atoms with Gasteiger partial charge >= 0.3 is 5.97 Å². The summed E-state index contributed by atoms with van der Waals surface area (Å²) in [5, 5.41) is 15.6. The van der Waals surface area contributed by atoms with Crippen molar-refractivity contribution in [1.29, 1.82) is 0 Å². The van der Waals surface area contributed by atoms with Crippen molar-refractivity contribution in [3.05, 3.63) is 101 Å². The number of halogens is 1. The Labute approximate surface area is 207 Å². The molecule has 0 saturated heterocycles. The van der Waals surface area contributed by atoms with Crippen molar-refractivity contribution in [3.63, 3.8) is 0 Å². The number of hydrogen-bond acceptors (Lipinski definition) is 3. The van der Waals surface area contributed by atoms with E-state index in [2.05, 4.69) is 55.6 Å². The number of fused-ring (bicyclic) bond motifs is 1. The molecule has 0 spiro atoms. The molecule has 0 amide bonds. The molecule has 5 heteroatoms. The van der Waals surface area contributed by atoms with Gasteiger partial charge in [-0.15, -0.1) is 12.4 Å².